The molecule has 2 aromatic rings. The number of rotatable bonds is 10. The Balaban J connectivity index is 0.00000385. The second kappa shape index (κ2) is 15.0. The molecule has 0 amide bonds. The molecule has 2 aromatic carbocycles. The van der Waals surface area contributed by atoms with Crippen molar-refractivity contribution in [3.8, 4) is 11.5 Å². The van der Waals surface area contributed by atoms with Crippen molar-refractivity contribution in [3.05, 3.63) is 59.7 Å². The summed E-state index contributed by atoms with van der Waals surface area (Å²) in [5.74, 6) is 1.64. The van der Waals surface area contributed by atoms with E-state index in [0.717, 1.165) is 57.6 Å². The van der Waals surface area contributed by atoms with Gasteiger partial charge in [0.2, 0.25) is 0 Å². The number of phenols is 1. The first kappa shape index (κ1) is 27.2. The van der Waals surface area contributed by atoms with Crippen molar-refractivity contribution in [3.63, 3.8) is 0 Å². The molecule has 0 radical (unpaired) electrons. The van der Waals surface area contributed by atoms with Crippen LogP contribution in [0.1, 0.15) is 30.4 Å². The molecule has 0 unspecified atom stereocenters. The first-order valence-electron chi connectivity index (χ1n) is 11.4. The van der Waals surface area contributed by atoms with Crippen molar-refractivity contribution in [1.82, 2.24) is 15.5 Å². The van der Waals surface area contributed by atoms with Crippen LogP contribution in [0, 0.1) is 0 Å². The smallest absolute Gasteiger partial charge is 0.191 e. The van der Waals surface area contributed by atoms with Crippen LogP contribution in [0.15, 0.2) is 53.5 Å². The van der Waals surface area contributed by atoms with Crippen molar-refractivity contribution in [2.75, 3.05) is 40.4 Å². The van der Waals surface area contributed by atoms with Crippen LogP contribution in [-0.4, -0.2) is 62.5 Å². The summed E-state index contributed by atoms with van der Waals surface area (Å²) in [5.41, 5.74) is 2.13. The van der Waals surface area contributed by atoms with Crippen LogP contribution in [0.2, 0.25) is 0 Å². The van der Waals surface area contributed by atoms with Crippen LogP contribution in [0.5, 0.6) is 11.5 Å². The number of piperidine rings is 1. The molecule has 1 fully saturated rings. The highest BCUT2D eigenvalue weighted by Gasteiger charge is 2.19. The normalized spacial score (nSPS) is 15.0. The number of nitrogens with one attached hydrogen (secondary N) is 2. The number of phenolic OH excluding ortho intramolecular Hbond substituents is 1. The predicted molar refractivity (Wildman–Crippen MR) is 144 cm³/mol. The Bertz CT molecular complexity index is 843. The SMILES string of the molecule is CN=C(NCCCOC1CCN(Cc2ccccc2)CC1)NCc1cc(OC)ccc1O.I. The highest BCUT2D eigenvalue weighted by atomic mass is 127. The highest BCUT2D eigenvalue weighted by molar-refractivity contribution is 14.0. The van der Waals surface area contributed by atoms with E-state index in [-0.39, 0.29) is 29.7 Å². The van der Waals surface area contributed by atoms with Gasteiger partial charge >= 0.3 is 0 Å². The molecular weight excluding hydrogens is 531 g/mol. The van der Waals surface area contributed by atoms with Gasteiger partial charge in [0, 0.05) is 51.9 Å². The monoisotopic (exact) mass is 568 g/mol. The van der Waals surface area contributed by atoms with Gasteiger partial charge < -0.3 is 25.2 Å². The van der Waals surface area contributed by atoms with E-state index in [1.165, 1.54) is 5.56 Å². The number of likely N-dealkylation sites (tertiary alicyclic amines) is 1. The molecule has 1 heterocycles. The fourth-order valence-corrected chi connectivity index (χ4v) is 3.83. The van der Waals surface area contributed by atoms with E-state index in [0.29, 0.717) is 24.4 Å². The number of halogens is 1. The second-order valence-corrected chi connectivity index (χ2v) is 8.03. The zero-order valence-electron chi connectivity index (χ0n) is 19.6. The fraction of sp³-hybridized carbons (Fsp3) is 0.480. The summed E-state index contributed by atoms with van der Waals surface area (Å²) in [7, 11) is 3.35. The van der Waals surface area contributed by atoms with E-state index >= 15 is 0 Å². The lowest BCUT2D eigenvalue weighted by Gasteiger charge is -2.32. The maximum atomic E-state index is 10.0. The molecule has 0 atom stereocenters. The summed E-state index contributed by atoms with van der Waals surface area (Å²) < 4.78 is 11.3. The van der Waals surface area contributed by atoms with Crippen molar-refractivity contribution in [2.24, 2.45) is 4.99 Å². The summed E-state index contributed by atoms with van der Waals surface area (Å²) in [6.45, 7) is 5.18. The van der Waals surface area contributed by atoms with E-state index in [9.17, 15) is 5.11 Å². The predicted octanol–water partition coefficient (Wildman–Crippen LogP) is 3.76. The Morgan fingerprint density at radius 1 is 1.12 bits per heavy atom. The number of benzene rings is 2. The van der Waals surface area contributed by atoms with Gasteiger partial charge in [0.05, 0.1) is 13.2 Å². The van der Waals surface area contributed by atoms with E-state index in [1.54, 1.807) is 26.3 Å². The Kier molecular flexibility index (Phi) is 12.3. The quantitative estimate of drug-likeness (QED) is 0.176. The molecule has 7 nitrogen and oxygen atoms in total. The van der Waals surface area contributed by atoms with Gasteiger partial charge in [-0.1, -0.05) is 30.3 Å². The minimum absolute atomic E-state index is 0. The number of nitrogens with zero attached hydrogens (tertiary/aromatic N) is 2. The third kappa shape index (κ3) is 9.38. The third-order valence-corrected chi connectivity index (χ3v) is 5.71. The number of hydrogen-bond acceptors (Lipinski definition) is 5. The number of aliphatic imine (C=N–C) groups is 1. The Hall–Kier alpha value is -2.04. The van der Waals surface area contributed by atoms with Crippen molar-refractivity contribution in [2.45, 2.75) is 38.5 Å². The molecule has 1 aliphatic heterocycles. The molecule has 1 aliphatic rings. The lowest BCUT2D eigenvalue weighted by molar-refractivity contribution is 0.00534. The molecule has 0 saturated carbocycles. The number of hydrogen-bond donors (Lipinski definition) is 3. The van der Waals surface area contributed by atoms with Crippen molar-refractivity contribution in [1.29, 1.82) is 0 Å². The van der Waals surface area contributed by atoms with Gasteiger partial charge in [-0.25, -0.2) is 0 Å². The zero-order chi connectivity index (χ0) is 22.6. The first-order valence-corrected chi connectivity index (χ1v) is 11.4. The molecule has 0 bridgehead atoms. The molecule has 1 saturated heterocycles. The Labute approximate surface area is 214 Å². The summed E-state index contributed by atoms with van der Waals surface area (Å²) in [4.78, 5) is 6.75. The van der Waals surface area contributed by atoms with Gasteiger partial charge in [-0.15, -0.1) is 24.0 Å². The maximum Gasteiger partial charge on any atom is 0.191 e. The summed E-state index contributed by atoms with van der Waals surface area (Å²) in [5, 5.41) is 16.5. The molecule has 3 N–H and O–H groups in total. The largest absolute Gasteiger partial charge is 0.508 e. The standard InChI is InChI=1S/C25H36N4O3.HI/c1-26-25(28-18-21-17-23(31-2)9-10-24(21)30)27-13-6-16-32-22-11-14-29(15-12-22)19-20-7-4-3-5-8-20;/h3-5,7-10,17,22,30H,6,11-16,18-19H2,1-2H3,(H2,26,27,28);1H. The average molecular weight is 569 g/mol. The average Bonchev–Trinajstić information content (AvgIpc) is 2.83. The summed E-state index contributed by atoms with van der Waals surface area (Å²) in [6, 6.07) is 15.8. The van der Waals surface area contributed by atoms with Gasteiger partial charge in [0.25, 0.3) is 0 Å². The molecular formula is C25H37IN4O3. The molecule has 8 heteroatoms. The molecule has 0 spiro atoms. The van der Waals surface area contributed by atoms with Gasteiger partial charge in [0.1, 0.15) is 11.5 Å². The molecule has 0 aliphatic carbocycles. The van der Waals surface area contributed by atoms with Crippen LogP contribution >= 0.6 is 24.0 Å². The van der Waals surface area contributed by atoms with Crippen molar-refractivity contribution >= 4 is 29.9 Å². The fourth-order valence-electron chi connectivity index (χ4n) is 3.83. The summed E-state index contributed by atoms with van der Waals surface area (Å²) >= 11 is 0. The van der Waals surface area contributed by atoms with E-state index < -0.39 is 0 Å². The molecule has 33 heavy (non-hydrogen) atoms. The van der Waals surface area contributed by atoms with E-state index in [1.807, 2.05) is 6.07 Å². The minimum Gasteiger partial charge on any atom is -0.508 e. The number of ether oxygens (including phenoxy) is 2. The lowest BCUT2D eigenvalue weighted by atomic mass is 10.1. The van der Waals surface area contributed by atoms with E-state index in [4.69, 9.17) is 9.47 Å². The molecule has 182 valence electrons. The van der Waals surface area contributed by atoms with Gasteiger partial charge in [-0.2, -0.15) is 0 Å². The summed E-state index contributed by atoms with van der Waals surface area (Å²) in [6.07, 6.45) is 3.45. The minimum atomic E-state index is 0. The van der Waals surface area contributed by atoms with Gasteiger partial charge in [0.15, 0.2) is 5.96 Å². The van der Waals surface area contributed by atoms with Gasteiger partial charge in [-0.3, -0.25) is 9.89 Å². The Morgan fingerprint density at radius 3 is 2.58 bits per heavy atom. The second-order valence-electron chi connectivity index (χ2n) is 8.03. The van der Waals surface area contributed by atoms with Crippen molar-refractivity contribution < 1.29 is 14.6 Å². The molecule has 0 aromatic heterocycles. The highest BCUT2D eigenvalue weighted by Crippen LogP contribution is 2.22. The van der Waals surface area contributed by atoms with Crippen LogP contribution in [0.25, 0.3) is 0 Å². The Morgan fingerprint density at radius 2 is 1.88 bits per heavy atom. The van der Waals surface area contributed by atoms with Crippen LogP contribution in [0.4, 0.5) is 0 Å². The molecule has 3 rings (SSSR count). The first-order chi connectivity index (χ1) is 15.7. The maximum absolute atomic E-state index is 10.0. The van der Waals surface area contributed by atoms with Gasteiger partial charge in [-0.05, 0) is 43.0 Å². The van der Waals surface area contributed by atoms with Crippen LogP contribution in [-0.2, 0) is 17.8 Å². The van der Waals surface area contributed by atoms with Crippen LogP contribution in [0.3, 0.4) is 0 Å². The number of methoxy groups -OCH3 is 1. The number of aromatic hydroxyl groups is 1. The third-order valence-electron chi connectivity index (χ3n) is 5.71. The van der Waals surface area contributed by atoms with E-state index in [2.05, 4.69) is 50.9 Å². The lowest BCUT2D eigenvalue weighted by Crippen LogP contribution is -2.38. The number of guanidine groups is 1. The topological polar surface area (TPSA) is 78.4 Å². The van der Waals surface area contributed by atoms with Crippen LogP contribution < -0.4 is 15.4 Å². The zero-order valence-corrected chi connectivity index (χ0v) is 22.0.